The van der Waals surface area contributed by atoms with E-state index in [2.05, 4.69) is 41.5 Å². The van der Waals surface area contributed by atoms with Crippen molar-refractivity contribution in [3.8, 4) is 0 Å². The highest BCUT2D eigenvalue weighted by Crippen LogP contribution is 2.34. The van der Waals surface area contributed by atoms with Crippen LogP contribution in [0.3, 0.4) is 0 Å². The molecular formula is C18H26N2O. The first-order valence-corrected chi connectivity index (χ1v) is 8.23. The minimum atomic E-state index is 0.301. The van der Waals surface area contributed by atoms with Gasteiger partial charge in [-0.3, -0.25) is 0 Å². The first kappa shape index (κ1) is 14.6. The Morgan fingerprint density at radius 2 is 2.24 bits per heavy atom. The normalized spacial score (nSPS) is 19.6. The Morgan fingerprint density at radius 1 is 1.38 bits per heavy atom. The molecule has 3 rings (SSSR count). The van der Waals surface area contributed by atoms with Gasteiger partial charge >= 0.3 is 0 Å². The third-order valence-electron chi connectivity index (χ3n) is 4.69. The lowest BCUT2D eigenvalue weighted by Gasteiger charge is -2.24. The van der Waals surface area contributed by atoms with Gasteiger partial charge in [0.05, 0.1) is 0 Å². The maximum Gasteiger partial charge on any atom is 0.0476 e. The minimum absolute atomic E-state index is 0.301. The van der Waals surface area contributed by atoms with Crippen LogP contribution in [-0.4, -0.2) is 23.2 Å². The summed E-state index contributed by atoms with van der Waals surface area (Å²) in [4.78, 5) is 3.62. The van der Waals surface area contributed by atoms with Gasteiger partial charge in [-0.15, -0.1) is 0 Å². The predicted molar refractivity (Wildman–Crippen MR) is 87.5 cm³/mol. The monoisotopic (exact) mass is 286 g/mol. The largest absolute Gasteiger partial charge is 0.396 e. The molecule has 0 radical (unpaired) electrons. The van der Waals surface area contributed by atoms with Crippen LogP contribution in [0.25, 0.3) is 10.9 Å². The standard InChI is InChI=1S/C18H26N2O/c1-13(12-21)6-5-11-19-17-10-4-8-15-14-7-2-3-9-16(14)20-18(15)17/h2-3,7,9,13,17,19-21H,4-6,8,10-12H2,1H3. The van der Waals surface area contributed by atoms with Gasteiger partial charge in [0, 0.05) is 29.2 Å². The number of rotatable bonds is 6. The molecule has 21 heavy (non-hydrogen) atoms. The van der Waals surface area contributed by atoms with Crippen LogP contribution >= 0.6 is 0 Å². The number of fused-ring (bicyclic) bond motifs is 3. The van der Waals surface area contributed by atoms with Gasteiger partial charge in [0.15, 0.2) is 0 Å². The number of benzene rings is 1. The molecule has 2 aromatic rings. The molecule has 0 saturated heterocycles. The molecule has 0 saturated carbocycles. The average Bonchev–Trinajstić information content (AvgIpc) is 2.90. The maximum absolute atomic E-state index is 9.07. The summed E-state index contributed by atoms with van der Waals surface area (Å²) < 4.78 is 0. The van der Waals surface area contributed by atoms with Crippen molar-refractivity contribution < 1.29 is 5.11 Å². The molecule has 0 fully saturated rings. The molecular weight excluding hydrogens is 260 g/mol. The number of aryl methyl sites for hydroxylation is 1. The first-order chi connectivity index (χ1) is 10.3. The second-order valence-electron chi connectivity index (χ2n) is 6.39. The highest BCUT2D eigenvalue weighted by molar-refractivity contribution is 5.85. The van der Waals surface area contributed by atoms with E-state index < -0.39 is 0 Å². The van der Waals surface area contributed by atoms with Gasteiger partial charge in [-0.2, -0.15) is 0 Å². The van der Waals surface area contributed by atoms with E-state index in [-0.39, 0.29) is 0 Å². The number of hydrogen-bond acceptors (Lipinski definition) is 2. The fraction of sp³-hybridized carbons (Fsp3) is 0.556. The quantitative estimate of drug-likeness (QED) is 0.711. The lowest BCUT2D eigenvalue weighted by atomic mass is 9.91. The van der Waals surface area contributed by atoms with Crippen molar-refractivity contribution in [2.45, 2.75) is 45.1 Å². The Hall–Kier alpha value is -1.32. The summed E-state index contributed by atoms with van der Waals surface area (Å²) in [5, 5.41) is 14.2. The van der Waals surface area contributed by atoms with Crippen LogP contribution in [0.2, 0.25) is 0 Å². The fourth-order valence-corrected chi connectivity index (χ4v) is 3.44. The number of para-hydroxylation sites is 1. The van der Waals surface area contributed by atoms with Crippen LogP contribution in [0, 0.1) is 5.92 Å². The number of aliphatic hydroxyl groups is 1. The molecule has 1 heterocycles. The molecule has 3 nitrogen and oxygen atoms in total. The number of nitrogens with one attached hydrogen (secondary N) is 2. The Bertz CT molecular complexity index is 590. The molecule has 3 N–H and O–H groups in total. The molecule has 0 amide bonds. The average molecular weight is 286 g/mol. The lowest BCUT2D eigenvalue weighted by molar-refractivity contribution is 0.227. The van der Waals surface area contributed by atoms with E-state index in [0.29, 0.717) is 18.6 Å². The van der Waals surface area contributed by atoms with E-state index in [1.165, 1.54) is 41.4 Å². The molecule has 0 bridgehead atoms. The van der Waals surface area contributed by atoms with Crippen LogP contribution in [-0.2, 0) is 6.42 Å². The number of aliphatic hydroxyl groups excluding tert-OH is 1. The van der Waals surface area contributed by atoms with Crippen molar-refractivity contribution in [3.63, 3.8) is 0 Å². The van der Waals surface area contributed by atoms with E-state index in [1.807, 2.05) is 0 Å². The Morgan fingerprint density at radius 3 is 3.10 bits per heavy atom. The van der Waals surface area contributed by atoms with Crippen molar-refractivity contribution in [2.75, 3.05) is 13.2 Å². The summed E-state index contributed by atoms with van der Waals surface area (Å²) in [6, 6.07) is 9.10. The van der Waals surface area contributed by atoms with Crippen molar-refractivity contribution in [1.82, 2.24) is 10.3 Å². The third-order valence-corrected chi connectivity index (χ3v) is 4.69. The van der Waals surface area contributed by atoms with Crippen LogP contribution in [0.15, 0.2) is 24.3 Å². The summed E-state index contributed by atoms with van der Waals surface area (Å²) in [5.74, 6) is 0.418. The lowest BCUT2D eigenvalue weighted by Crippen LogP contribution is -2.26. The number of aromatic nitrogens is 1. The predicted octanol–water partition coefficient (Wildman–Crippen LogP) is 3.54. The van der Waals surface area contributed by atoms with Crippen molar-refractivity contribution in [3.05, 3.63) is 35.5 Å². The summed E-state index contributed by atoms with van der Waals surface area (Å²) in [6.45, 7) is 3.44. The van der Waals surface area contributed by atoms with Crippen molar-refractivity contribution >= 4 is 10.9 Å². The summed E-state index contributed by atoms with van der Waals surface area (Å²) in [7, 11) is 0. The third kappa shape index (κ3) is 3.14. The highest BCUT2D eigenvalue weighted by Gasteiger charge is 2.23. The Labute approximate surface area is 126 Å². The zero-order chi connectivity index (χ0) is 14.7. The maximum atomic E-state index is 9.07. The molecule has 2 atom stereocenters. The van der Waals surface area contributed by atoms with Gasteiger partial charge in [-0.25, -0.2) is 0 Å². The molecule has 1 aliphatic carbocycles. The van der Waals surface area contributed by atoms with Gasteiger partial charge in [-0.1, -0.05) is 25.1 Å². The topological polar surface area (TPSA) is 48.0 Å². The second-order valence-corrected chi connectivity index (χ2v) is 6.39. The zero-order valence-corrected chi connectivity index (χ0v) is 12.9. The SMILES string of the molecule is CC(CO)CCCNC1CCCc2c1[nH]c1ccccc21. The van der Waals surface area contributed by atoms with E-state index in [1.54, 1.807) is 0 Å². The van der Waals surface area contributed by atoms with Gasteiger partial charge in [0.2, 0.25) is 0 Å². The van der Waals surface area contributed by atoms with Crippen LogP contribution < -0.4 is 5.32 Å². The first-order valence-electron chi connectivity index (χ1n) is 8.23. The molecule has 0 aliphatic heterocycles. The Kier molecular flexibility index (Phi) is 4.61. The summed E-state index contributed by atoms with van der Waals surface area (Å²) >= 11 is 0. The molecule has 3 heteroatoms. The summed E-state index contributed by atoms with van der Waals surface area (Å²) in [6.07, 6.45) is 5.90. The van der Waals surface area contributed by atoms with E-state index in [0.717, 1.165) is 19.4 Å². The van der Waals surface area contributed by atoms with Gasteiger partial charge in [0.1, 0.15) is 0 Å². The number of hydrogen-bond donors (Lipinski definition) is 3. The van der Waals surface area contributed by atoms with Crippen LogP contribution in [0.5, 0.6) is 0 Å². The smallest absolute Gasteiger partial charge is 0.0476 e. The molecule has 1 aromatic heterocycles. The molecule has 2 unspecified atom stereocenters. The van der Waals surface area contributed by atoms with Crippen molar-refractivity contribution in [1.29, 1.82) is 0 Å². The molecule has 1 aromatic carbocycles. The summed E-state index contributed by atoms with van der Waals surface area (Å²) in [5.41, 5.74) is 4.18. The highest BCUT2D eigenvalue weighted by atomic mass is 16.3. The fourth-order valence-electron chi connectivity index (χ4n) is 3.44. The van der Waals surface area contributed by atoms with Crippen LogP contribution in [0.1, 0.15) is 49.9 Å². The van der Waals surface area contributed by atoms with E-state index in [9.17, 15) is 0 Å². The molecule has 0 spiro atoms. The zero-order valence-electron chi connectivity index (χ0n) is 12.9. The molecule has 1 aliphatic rings. The van der Waals surface area contributed by atoms with E-state index >= 15 is 0 Å². The molecule has 114 valence electrons. The second kappa shape index (κ2) is 6.63. The van der Waals surface area contributed by atoms with E-state index in [4.69, 9.17) is 5.11 Å². The number of H-pyrrole nitrogens is 1. The van der Waals surface area contributed by atoms with Gasteiger partial charge in [0.25, 0.3) is 0 Å². The van der Waals surface area contributed by atoms with Crippen molar-refractivity contribution in [2.24, 2.45) is 5.92 Å². The van der Waals surface area contributed by atoms with Gasteiger partial charge < -0.3 is 15.4 Å². The Balaban J connectivity index is 1.66. The van der Waals surface area contributed by atoms with Gasteiger partial charge in [-0.05, 0) is 56.2 Å². The van der Waals surface area contributed by atoms with Crippen LogP contribution in [0.4, 0.5) is 0 Å². The number of aromatic amines is 1. The minimum Gasteiger partial charge on any atom is -0.396 e.